The largest absolute Gasteiger partial charge is 0.449 e. The van der Waals surface area contributed by atoms with Gasteiger partial charge < -0.3 is 28.4 Å². The van der Waals surface area contributed by atoms with Crippen molar-refractivity contribution in [1.29, 1.82) is 0 Å². The quantitative estimate of drug-likeness (QED) is 0.119. The van der Waals surface area contributed by atoms with E-state index in [1.54, 1.807) is 14.0 Å². The van der Waals surface area contributed by atoms with E-state index in [1.807, 2.05) is 121 Å². The lowest BCUT2D eigenvalue weighted by atomic mass is 9.97. The molecule has 1 aliphatic rings. The van der Waals surface area contributed by atoms with Crippen molar-refractivity contribution in [3.05, 3.63) is 144 Å². The van der Waals surface area contributed by atoms with Gasteiger partial charge in [0.2, 0.25) is 6.29 Å². The third-order valence-corrected chi connectivity index (χ3v) is 7.44. The van der Waals surface area contributed by atoms with Crippen molar-refractivity contribution in [2.75, 3.05) is 13.7 Å². The van der Waals surface area contributed by atoms with Gasteiger partial charge in [-0.2, -0.15) is 0 Å². The molecule has 0 radical (unpaired) electrons. The van der Waals surface area contributed by atoms with Crippen LogP contribution in [0.4, 0.5) is 0 Å². The van der Waals surface area contributed by atoms with Gasteiger partial charge in [0.15, 0.2) is 5.90 Å². The van der Waals surface area contributed by atoms with E-state index in [0.29, 0.717) is 32.3 Å². The summed E-state index contributed by atoms with van der Waals surface area (Å²) in [4.78, 5) is 4.23. The van der Waals surface area contributed by atoms with Crippen LogP contribution >= 0.6 is 0 Å². The zero-order chi connectivity index (χ0) is 30.4. The summed E-state index contributed by atoms with van der Waals surface area (Å²) in [5, 5.41) is 0. The lowest BCUT2D eigenvalue weighted by molar-refractivity contribution is -0.313. The van der Waals surface area contributed by atoms with Crippen molar-refractivity contribution in [2.45, 2.75) is 64.1 Å². The van der Waals surface area contributed by atoms with E-state index in [0.717, 1.165) is 22.3 Å². The summed E-state index contributed by atoms with van der Waals surface area (Å²) < 4.78 is 39.0. The monoisotopic (exact) mass is 595 g/mol. The predicted molar refractivity (Wildman–Crippen MR) is 170 cm³/mol. The lowest BCUT2D eigenvalue weighted by Crippen LogP contribution is -2.62. The molecule has 7 nitrogen and oxygen atoms in total. The molecule has 4 aromatic rings. The van der Waals surface area contributed by atoms with Crippen molar-refractivity contribution in [3.8, 4) is 0 Å². The van der Waals surface area contributed by atoms with Crippen LogP contribution in [-0.2, 0) is 54.8 Å². The molecular formula is C37H41NO6. The molecule has 4 aromatic carbocycles. The zero-order valence-electron chi connectivity index (χ0n) is 25.4. The number of nitrogens with zero attached hydrogens (tertiary/aromatic N) is 1. The molecule has 0 spiro atoms. The third kappa shape index (κ3) is 9.32. The van der Waals surface area contributed by atoms with Gasteiger partial charge >= 0.3 is 0 Å². The lowest BCUT2D eigenvalue weighted by Gasteiger charge is -2.45. The van der Waals surface area contributed by atoms with Crippen molar-refractivity contribution in [2.24, 2.45) is 4.99 Å². The van der Waals surface area contributed by atoms with Gasteiger partial charge in [0, 0.05) is 14.0 Å². The molecule has 1 aliphatic heterocycles. The average molecular weight is 596 g/mol. The first-order valence-electron chi connectivity index (χ1n) is 15.0. The van der Waals surface area contributed by atoms with Crippen LogP contribution in [0.5, 0.6) is 0 Å². The van der Waals surface area contributed by atoms with Gasteiger partial charge in [-0.25, -0.2) is 0 Å². The van der Waals surface area contributed by atoms with Gasteiger partial charge in [-0.3, -0.25) is 4.99 Å². The molecule has 5 atom stereocenters. The normalized spacial score (nSPS) is 22.0. The maximum atomic E-state index is 6.71. The molecule has 1 heterocycles. The Labute approximate surface area is 260 Å². The standard InChI is InChI=1S/C37H41NO6/c1-28(38-2)43-37-36(42-26-32-21-13-6-14-22-32)35(41-25-31-19-11-5-12-20-31)34(40-24-30-17-9-4-10-18-30)33(44-37)27-39-23-29-15-7-3-8-16-29/h3-22,33-37H,23-27H2,1-2H3/t33-,34-,35+,36-,37-/m1/s1. The third-order valence-electron chi connectivity index (χ3n) is 7.44. The van der Waals surface area contributed by atoms with E-state index in [4.69, 9.17) is 28.4 Å². The van der Waals surface area contributed by atoms with Gasteiger partial charge in [-0.05, 0) is 22.3 Å². The highest BCUT2D eigenvalue weighted by atomic mass is 16.7. The highest BCUT2D eigenvalue weighted by molar-refractivity contribution is 5.73. The number of rotatable bonds is 14. The van der Waals surface area contributed by atoms with E-state index in [9.17, 15) is 0 Å². The molecule has 0 N–H and O–H groups in total. The van der Waals surface area contributed by atoms with Crippen LogP contribution in [0.25, 0.3) is 0 Å². The number of hydrogen-bond donors (Lipinski definition) is 0. The van der Waals surface area contributed by atoms with E-state index >= 15 is 0 Å². The van der Waals surface area contributed by atoms with Gasteiger partial charge in [-0.15, -0.1) is 0 Å². The van der Waals surface area contributed by atoms with Crippen molar-refractivity contribution in [1.82, 2.24) is 0 Å². The minimum absolute atomic E-state index is 0.271. The zero-order valence-corrected chi connectivity index (χ0v) is 25.4. The molecule has 0 unspecified atom stereocenters. The maximum Gasteiger partial charge on any atom is 0.230 e. The second-order valence-electron chi connectivity index (χ2n) is 10.7. The molecule has 230 valence electrons. The van der Waals surface area contributed by atoms with E-state index in [-0.39, 0.29) is 6.61 Å². The number of benzene rings is 4. The fourth-order valence-corrected chi connectivity index (χ4v) is 5.06. The van der Waals surface area contributed by atoms with Crippen molar-refractivity contribution < 1.29 is 28.4 Å². The average Bonchev–Trinajstić information content (AvgIpc) is 3.08. The molecule has 7 heteroatoms. The fourth-order valence-electron chi connectivity index (χ4n) is 5.06. The van der Waals surface area contributed by atoms with E-state index < -0.39 is 30.7 Å². The van der Waals surface area contributed by atoms with E-state index in [1.165, 1.54) is 0 Å². The summed E-state index contributed by atoms with van der Waals surface area (Å²) in [6.45, 7) is 3.61. The minimum Gasteiger partial charge on any atom is -0.449 e. The Balaban J connectivity index is 1.44. The highest BCUT2D eigenvalue weighted by Crippen LogP contribution is 2.32. The molecule has 5 rings (SSSR count). The molecule has 1 fully saturated rings. The van der Waals surface area contributed by atoms with Gasteiger partial charge in [0.05, 0.1) is 33.0 Å². The number of aliphatic imine (C=N–C) groups is 1. The van der Waals surface area contributed by atoms with Gasteiger partial charge in [0.1, 0.15) is 24.4 Å². The molecule has 0 saturated carbocycles. The number of hydrogen-bond acceptors (Lipinski definition) is 7. The Kier molecular flexibility index (Phi) is 12.1. The molecule has 44 heavy (non-hydrogen) atoms. The van der Waals surface area contributed by atoms with Crippen LogP contribution in [0.3, 0.4) is 0 Å². The summed E-state index contributed by atoms with van der Waals surface area (Å²) >= 11 is 0. The molecule has 0 aromatic heterocycles. The van der Waals surface area contributed by atoms with Crippen molar-refractivity contribution >= 4 is 5.90 Å². The summed E-state index contributed by atoms with van der Waals surface area (Å²) in [5.41, 5.74) is 4.20. The van der Waals surface area contributed by atoms with Crippen LogP contribution in [-0.4, -0.2) is 50.3 Å². The Morgan fingerprint density at radius 2 is 0.977 bits per heavy atom. The highest BCUT2D eigenvalue weighted by Gasteiger charge is 2.49. The maximum absolute atomic E-state index is 6.71. The van der Waals surface area contributed by atoms with Crippen LogP contribution in [0.2, 0.25) is 0 Å². The van der Waals surface area contributed by atoms with Crippen molar-refractivity contribution in [3.63, 3.8) is 0 Å². The smallest absolute Gasteiger partial charge is 0.230 e. The van der Waals surface area contributed by atoms with Crippen LogP contribution in [0.1, 0.15) is 29.2 Å². The molecule has 0 aliphatic carbocycles. The summed E-state index contributed by atoms with van der Waals surface area (Å²) in [5.74, 6) is 0.484. The van der Waals surface area contributed by atoms with Crippen LogP contribution < -0.4 is 0 Å². The Bertz CT molecular complexity index is 1390. The van der Waals surface area contributed by atoms with Gasteiger partial charge in [0.25, 0.3) is 0 Å². The molecule has 1 saturated heterocycles. The SMILES string of the molecule is CN=C(C)O[C@@H]1O[C@H](COCc2ccccc2)[C@@H](OCc2ccccc2)[C@H](OCc2ccccc2)[C@H]1OCc1ccccc1. The molecular weight excluding hydrogens is 554 g/mol. The number of ether oxygens (including phenoxy) is 6. The molecule has 0 amide bonds. The van der Waals surface area contributed by atoms with E-state index in [2.05, 4.69) is 4.99 Å². The summed E-state index contributed by atoms with van der Waals surface area (Å²) in [6.07, 6.45) is -2.99. The second-order valence-corrected chi connectivity index (χ2v) is 10.7. The topological polar surface area (TPSA) is 67.7 Å². The Morgan fingerprint density at radius 3 is 1.43 bits per heavy atom. The Morgan fingerprint density at radius 1 is 0.568 bits per heavy atom. The first-order chi connectivity index (χ1) is 21.7. The summed E-state index contributed by atoms with van der Waals surface area (Å²) in [7, 11) is 1.69. The van der Waals surface area contributed by atoms with Crippen LogP contribution in [0, 0.1) is 0 Å². The molecule has 0 bridgehead atoms. The Hall–Kier alpha value is -3.85. The minimum atomic E-state index is -0.801. The summed E-state index contributed by atoms with van der Waals surface area (Å²) in [6, 6.07) is 40.3. The first-order valence-corrected chi connectivity index (χ1v) is 15.0. The van der Waals surface area contributed by atoms with Gasteiger partial charge in [-0.1, -0.05) is 121 Å². The van der Waals surface area contributed by atoms with Crippen LogP contribution in [0.15, 0.2) is 126 Å². The predicted octanol–water partition coefficient (Wildman–Crippen LogP) is 6.75. The fraction of sp³-hybridized carbons (Fsp3) is 0.324. The first kappa shape index (κ1) is 31.6. The second kappa shape index (κ2) is 16.9.